The van der Waals surface area contributed by atoms with Crippen molar-refractivity contribution in [2.24, 2.45) is 0 Å². The highest BCUT2D eigenvalue weighted by atomic mass is 15.0. The minimum Gasteiger partial charge on any atom is -0.323 e. The summed E-state index contributed by atoms with van der Waals surface area (Å²) in [6.45, 7) is 0. The van der Waals surface area contributed by atoms with Gasteiger partial charge in [0.15, 0.2) is 0 Å². The first-order valence-corrected chi connectivity index (χ1v) is 5.34. The third-order valence-corrected chi connectivity index (χ3v) is 0. The molecule has 0 saturated carbocycles. The average Bonchev–Trinajstić information content (AvgIpc) is 2.06. The van der Waals surface area contributed by atoms with Crippen molar-refractivity contribution < 1.29 is 0 Å². The van der Waals surface area contributed by atoms with E-state index in [-0.39, 0.29) is 0 Å². The Morgan fingerprint density at radius 2 is 0.438 bits per heavy atom. The van der Waals surface area contributed by atoms with Crippen LogP contribution in [0.3, 0.4) is 0 Å². The van der Waals surface area contributed by atoms with Crippen LogP contribution in [-0.2, 0) is 0 Å². The van der Waals surface area contributed by atoms with E-state index in [0.29, 0.717) is 0 Å². The van der Waals surface area contributed by atoms with E-state index < -0.39 is 0 Å². The molecule has 5 heteroatoms. The maximum Gasteiger partial charge on any atom is -0.0140 e. The van der Waals surface area contributed by atoms with Gasteiger partial charge in [0.1, 0.15) is 0 Å². The molecular formula is C11H37N5. The van der Waals surface area contributed by atoms with Gasteiger partial charge in [-0.05, 0) is 77.5 Å². The van der Waals surface area contributed by atoms with Crippen LogP contribution in [-0.4, -0.2) is 82.4 Å². The predicted octanol–water partition coefficient (Wildman–Crippen LogP) is -0.480. The number of rotatable bonds is 0. The lowest BCUT2D eigenvalue weighted by atomic mass is 11.0. The molecule has 0 saturated heterocycles. The van der Waals surface area contributed by atoms with Gasteiger partial charge < -0.3 is 26.2 Å². The van der Waals surface area contributed by atoms with Gasteiger partial charge in [0, 0.05) is 0 Å². The minimum absolute atomic E-state index is 1.88. The van der Waals surface area contributed by atoms with Gasteiger partial charge in [-0.1, -0.05) is 0 Å². The number of hydrogen-bond donors (Lipinski definition) is 4. The lowest BCUT2D eigenvalue weighted by Crippen LogP contribution is -1.99. The summed E-state index contributed by atoms with van der Waals surface area (Å²) < 4.78 is 0. The van der Waals surface area contributed by atoms with Crippen LogP contribution in [0.4, 0.5) is 0 Å². The molecule has 106 valence electrons. The van der Waals surface area contributed by atoms with Gasteiger partial charge >= 0.3 is 0 Å². The third kappa shape index (κ3) is 56500. The summed E-state index contributed by atoms with van der Waals surface area (Å²) in [5.74, 6) is 0. The Labute approximate surface area is 104 Å². The molecule has 16 heavy (non-hydrogen) atoms. The van der Waals surface area contributed by atoms with Crippen LogP contribution in [0.15, 0.2) is 0 Å². The van der Waals surface area contributed by atoms with Gasteiger partial charge in [0.25, 0.3) is 0 Å². The van der Waals surface area contributed by atoms with Crippen molar-refractivity contribution in [3.63, 3.8) is 0 Å². The van der Waals surface area contributed by atoms with Crippen molar-refractivity contribution in [2.45, 2.75) is 0 Å². The van der Waals surface area contributed by atoms with E-state index in [9.17, 15) is 0 Å². The monoisotopic (exact) mass is 239 g/mol. The van der Waals surface area contributed by atoms with E-state index in [4.69, 9.17) is 0 Å². The summed E-state index contributed by atoms with van der Waals surface area (Å²) in [6, 6.07) is 0. The number of nitrogens with zero attached hydrogens (tertiary/aromatic N) is 1. The van der Waals surface area contributed by atoms with Gasteiger partial charge in [0.2, 0.25) is 0 Å². The standard InChI is InChI=1S/C3H9N.4C2H7N/c1-4(2)3;4*1-3-2/h1-3H3;4*3H,1-2H3. The molecular weight excluding hydrogens is 202 g/mol. The fourth-order valence-corrected chi connectivity index (χ4v) is 0. The van der Waals surface area contributed by atoms with E-state index in [1.54, 1.807) is 0 Å². The van der Waals surface area contributed by atoms with Crippen LogP contribution in [0.5, 0.6) is 0 Å². The van der Waals surface area contributed by atoms with Gasteiger partial charge in [-0.3, -0.25) is 0 Å². The van der Waals surface area contributed by atoms with Crippen molar-refractivity contribution in [1.29, 1.82) is 0 Å². The molecule has 5 nitrogen and oxygen atoms in total. The third-order valence-electron chi connectivity index (χ3n) is 0. The van der Waals surface area contributed by atoms with Gasteiger partial charge in [0.05, 0.1) is 0 Å². The molecule has 4 N–H and O–H groups in total. The molecule has 0 aliphatic carbocycles. The summed E-state index contributed by atoms with van der Waals surface area (Å²) in [7, 11) is 21.0. The molecule has 0 atom stereocenters. The van der Waals surface area contributed by atoms with E-state index >= 15 is 0 Å². The molecule has 0 aliphatic rings. The van der Waals surface area contributed by atoms with Crippen LogP contribution >= 0.6 is 0 Å². The van der Waals surface area contributed by atoms with E-state index in [0.717, 1.165) is 0 Å². The van der Waals surface area contributed by atoms with Gasteiger partial charge in [-0.2, -0.15) is 0 Å². The molecule has 0 radical (unpaired) electrons. The zero-order valence-electron chi connectivity index (χ0n) is 13.4. The normalized spacial score (nSPS) is 6.75. The molecule has 0 rings (SSSR count). The molecule has 0 aromatic carbocycles. The lowest BCUT2D eigenvalue weighted by molar-refractivity contribution is 0.505. The fraction of sp³-hybridized carbons (Fsp3) is 1.00. The summed E-state index contributed by atoms with van der Waals surface area (Å²) in [6.07, 6.45) is 0. The molecule has 0 unspecified atom stereocenters. The van der Waals surface area contributed by atoms with Crippen LogP contribution in [0.2, 0.25) is 0 Å². The molecule has 0 fully saturated rings. The highest BCUT2D eigenvalue weighted by Crippen LogP contribution is 1.47. The molecule has 0 amide bonds. The summed E-state index contributed by atoms with van der Waals surface area (Å²) in [5, 5.41) is 11.0. The second kappa shape index (κ2) is 61.0. The Morgan fingerprint density at radius 1 is 0.438 bits per heavy atom. The van der Waals surface area contributed by atoms with Gasteiger partial charge in [-0.15, -0.1) is 0 Å². The van der Waals surface area contributed by atoms with E-state index in [2.05, 4.69) is 21.3 Å². The fourth-order valence-electron chi connectivity index (χ4n) is 0. The highest BCUT2D eigenvalue weighted by Gasteiger charge is 1.58. The van der Waals surface area contributed by atoms with Crippen molar-refractivity contribution in [3.8, 4) is 0 Å². The Morgan fingerprint density at radius 3 is 0.438 bits per heavy atom. The van der Waals surface area contributed by atoms with Crippen molar-refractivity contribution >= 4 is 0 Å². The molecule has 0 bridgehead atoms. The first-order chi connectivity index (χ1) is 7.39. The summed E-state index contributed by atoms with van der Waals surface area (Å²) >= 11 is 0. The van der Waals surface area contributed by atoms with Crippen molar-refractivity contribution in [3.05, 3.63) is 0 Å². The first-order valence-electron chi connectivity index (χ1n) is 5.34. The summed E-state index contributed by atoms with van der Waals surface area (Å²) in [4.78, 5) is 2.00. The molecule has 0 spiro atoms. The molecule has 0 aromatic rings. The Bertz CT molecular complexity index is 40.9. The largest absolute Gasteiger partial charge is 0.323 e. The Kier molecular flexibility index (Phi) is 113. The van der Waals surface area contributed by atoms with Gasteiger partial charge in [-0.25, -0.2) is 0 Å². The second-order valence-corrected chi connectivity index (χ2v) is 3.34. The van der Waals surface area contributed by atoms with E-state index in [1.165, 1.54) is 0 Å². The molecule has 0 aromatic heterocycles. The van der Waals surface area contributed by atoms with Crippen LogP contribution in [0.1, 0.15) is 0 Å². The smallest absolute Gasteiger partial charge is 0.0140 e. The second-order valence-electron chi connectivity index (χ2n) is 3.34. The first kappa shape index (κ1) is 29.7. The SMILES string of the molecule is CN(C)C.CNC.CNC.CNC.CNC. The highest BCUT2D eigenvalue weighted by molar-refractivity contribution is 4.09. The predicted molar refractivity (Wildman–Crippen MR) is 79.5 cm³/mol. The summed E-state index contributed by atoms with van der Waals surface area (Å²) in [5.41, 5.74) is 0. The van der Waals surface area contributed by atoms with Crippen LogP contribution < -0.4 is 21.3 Å². The maximum absolute atomic E-state index is 2.75. The minimum atomic E-state index is 1.88. The number of nitrogens with one attached hydrogen (secondary N) is 4. The Balaban J connectivity index is -0.0000000317. The zero-order chi connectivity index (χ0) is 14.4. The van der Waals surface area contributed by atoms with Crippen molar-refractivity contribution in [1.82, 2.24) is 26.2 Å². The lowest BCUT2D eigenvalue weighted by Gasteiger charge is -1.90. The molecule has 0 heterocycles. The Hall–Kier alpha value is -0.200. The quantitative estimate of drug-likeness (QED) is 0.460. The van der Waals surface area contributed by atoms with E-state index in [1.807, 2.05) is 82.4 Å². The molecule has 0 aliphatic heterocycles. The maximum atomic E-state index is 2.75. The van der Waals surface area contributed by atoms with Crippen molar-refractivity contribution in [2.75, 3.05) is 77.5 Å². The average molecular weight is 239 g/mol. The number of hydrogen-bond acceptors (Lipinski definition) is 5. The topological polar surface area (TPSA) is 51.4 Å². The van der Waals surface area contributed by atoms with Crippen LogP contribution in [0.25, 0.3) is 0 Å². The van der Waals surface area contributed by atoms with Crippen LogP contribution in [0, 0.1) is 0 Å². The zero-order valence-corrected chi connectivity index (χ0v) is 13.4.